The van der Waals surface area contributed by atoms with Crippen LogP contribution in [0.1, 0.15) is 0 Å². The fraction of sp³-hybridized carbons (Fsp3) is 0.143. The molecule has 0 aliphatic rings. The zero-order chi connectivity index (χ0) is 12.1. The molecule has 2 rings (SSSR count). The summed E-state index contributed by atoms with van der Waals surface area (Å²) in [5, 5.41) is 0. The third-order valence-electron chi connectivity index (χ3n) is 2.47. The van der Waals surface area contributed by atoms with Crippen molar-refractivity contribution in [2.75, 3.05) is 14.0 Å². The van der Waals surface area contributed by atoms with Crippen molar-refractivity contribution in [3.8, 4) is 22.6 Å². The molecule has 0 spiro atoms. The van der Waals surface area contributed by atoms with Gasteiger partial charge in [-0.1, -0.05) is 30.3 Å². The van der Waals surface area contributed by atoms with Crippen LogP contribution in [0.3, 0.4) is 0 Å². The molecule has 0 saturated carbocycles. The number of ether oxygens (including phenoxy) is 2. The molecule has 0 aromatic heterocycles. The summed E-state index contributed by atoms with van der Waals surface area (Å²) in [5.74, 6) is 1.29. The topological polar surface area (TPSA) is 18.5 Å². The molecular formula is C14H13FO2. The molecule has 88 valence electrons. The average molecular weight is 232 g/mol. The molecule has 0 fully saturated rings. The van der Waals surface area contributed by atoms with Crippen molar-refractivity contribution in [2.45, 2.75) is 0 Å². The van der Waals surface area contributed by atoms with Gasteiger partial charge in [-0.3, -0.25) is 0 Å². The van der Waals surface area contributed by atoms with Gasteiger partial charge in [0.25, 0.3) is 0 Å². The van der Waals surface area contributed by atoms with E-state index >= 15 is 0 Å². The van der Waals surface area contributed by atoms with Crippen molar-refractivity contribution in [1.82, 2.24) is 0 Å². The van der Waals surface area contributed by atoms with Crippen LogP contribution in [0, 0.1) is 0 Å². The molecule has 0 radical (unpaired) electrons. The smallest absolute Gasteiger partial charge is 0.228 e. The Hall–Kier alpha value is -2.03. The Morgan fingerprint density at radius 3 is 2.65 bits per heavy atom. The van der Waals surface area contributed by atoms with Gasteiger partial charge in [0, 0.05) is 5.56 Å². The van der Waals surface area contributed by atoms with Gasteiger partial charge in [0.15, 0.2) is 0 Å². The first-order chi connectivity index (χ1) is 8.35. The molecule has 0 N–H and O–H groups in total. The van der Waals surface area contributed by atoms with Crippen molar-refractivity contribution in [2.24, 2.45) is 0 Å². The zero-order valence-electron chi connectivity index (χ0n) is 9.52. The standard InChI is InChI=1S/C14H13FO2/c1-16-14-8-3-2-7-13(14)11-5-4-6-12(9-11)17-10-15/h2-9H,10H2,1H3. The molecule has 0 aliphatic heterocycles. The molecular weight excluding hydrogens is 219 g/mol. The van der Waals surface area contributed by atoms with Crippen molar-refractivity contribution in [1.29, 1.82) is 0 Å². The molecule has 0 amide bonds. The molecule has 0 saturated heterocycles. The Balaban J connectivity index is 2.41. The number of alkyl halides is 1. The molecule has 0 unspecified atom stereocenters. The Morgan fingerprint density at radius 1 is 1.06 bits per heavy atom. The highest BCUT2D eigenvalue weighted by molar-refractivity contribution is 5.71. The molecule has 0 heterocycles. The lowest BCUT2D eigenvalue weighted by Crippen LogP contribution is -1.91. The monoisotopic (exact) mass is 232 g/mol. The number of halogens is 1. The third-order valence-corrected chi connectivity index (χ3v) is 2.47. The van der Waals surface area contributed by atoms with E-state index in [1.165, 1.54) is 0 Å². The summed E-state index contributed by atoms with van der Waals surface area (Å²) >= 11 is 0. The minimum atomic E-state index is -0.824. The van der Waals surface area contributed by atoms with Crippen LogP contribution < -0.4 is 9.47 Å². The van der Waals surface area contributed by atoms with Gasteiger partial charge in [0.1, 0.15) is 11.5 Å². The second kappa shape index (κ2) is 5.34. The molecule has 0 bridgehead atoms. The number of hydrogen-bond donors (Lipinski definition) is 0. The summed E-state index contributed by atoms with van der Waals surface area (Å²) in [5.41, 5.74) is 1.90. The van der Waals surface area contributed by atoms with E-state index in [2.05, 4.69) is 0 Å². The van der Waals surface area contributed by atoms with Crippen molar-refractivity contribution >= 4 is 0 Å². The zero-order valence-corrected chi connectivity index (χ0v) is 9.52. The van der Waals surface area contributed by atoms with Gasteiger partial charge in [-0.05, 0) is 23.8 Å². The van der Waals surface area contributed by atoms with Crippen molar-refractivity contribution in [3.63, 3.8) is 0 Å². The number of methoxy groups -OCH3 is 1. The second-order valence-electron chi connectivity index (χ2n) is 3.48. The van der Waals surface area contributed by atoms with E-state index in [0.717, 1.165) is 16.9 Å². The quantitative estimate of drug-likeness (QED) is 0.800. The van der Waals surface area contributed by atoms with Crippen LogP contribution in [0.15, 0.2) is 48.5 Å². The Bertz CT molecular complexity index is 497. The van der Waals surface area contributed by atoms with Gasteiger partial charge >= 0.3 is 0 Å². The van der Waals surface area contributed by atoms with Gasteiger partial charge in [-0.15, -0.1) is 0 Å². The lowest BCUT2D eigenvalue weighted by Gasteiger charge is -2.09. The lowest BCUT2D eigenvalue weighted by atomic mass is 10.0. The maximum Gasteiger partial charge on any atom is 0.228 e. The lowest BCUT2D eigenvalue weighted by molar-refractivity contribution is 0.192. The molecule has 2 aromatic carbocycles. The summed E-state index contributed by atoms with van der Waals surface area (Å²) in [6, 6.07) is 14.9. The third kappa shape index (κ3) is 2.56. The molecule has 3 heteroatoms. The van der Waals surface area contributed by atoms with E-state index in [4.69, 9.17) is 9.47 Å². The van der Waals surface area contributed by atoms with E-state index < -0.39 is 6.86 Å². The predicted octanol–water partition coefficient (Wildman–Crippen LogP) is 3.67. The van der Waals surface area contributed by atoms with Crippen molar-refractivity contribution in [3.05, 3.63) is 48.5 Å². The van der Waals surface area contributed by atoms with E-state index in [0.29, 0.717) is 5.75 Å². The molecule has 17 heavy (non-hydrogen) atoms. The van der Waals surface area contributed by atoms with E-state index in [1.54, 1.807) is 19.2 Å². The molecule has 2 nitrogen and oxygen atoms in total. The minimum absolute atomic E-state index is 0.510. The SMILES string of the molecule is COc1ccccc1-c1cccc(OCF)c1. The molecule has 0 aliphatic carbocycles. The molecule has 2 aromatic rings. The van der Waals surface area contributed by atoms with E-state index in [-0.39, 0.29) is 0 Å². The minimum Gasteiger partial charge on any atom is -0.496 e. The summed E-state index contributed by atoms with van der Waals surface area (Å²) in [6.07, 6.45) is 0. The summed E-state index contributed by atoms with van der Waals surface area (Å²) in [4.78, 5) is 0. The number of hydrogen-bond acceptors (Lipinski definition) is 2. The maximum absolute atomic E-state index is 12.1. The summed E-state index contributed by atoms with van der Waals surface area (Å²) in [6.45, 7) is -0.824. The Labute approximate surface area is 99.6 Å². The first-order valence-corrected chi connectivity index (χ1v) is 5.27. The number of rotatable bonds is 4. The maximum atomic E-state index is 12.1. The van der Waals surface area contributed by atoms with E-state index in [9.17, 15) is 4.39 Å². The normalized spacial score (nSPS) is 10.0. The van der Waals surface area contributed by atoms with Crippen LogP contribution in [-0.2, 0) is 0 Å². The summed E-state index contributed by atoms with van der Waals surface area (Å²) in [7, 11) is 1.63. The van der Waals surface area contributed by atoms with Crippen LogP contribution in [0.2, 0.25) is 0 Å². The van der Waals surface area contributed by atoms with Gasteiger partial charge < -0.3 is 9.47 Å². The van der Waals surface area contributed by atoms with E-state index in [1.807, 2.05) is 36.4 Å². The first-order valence-electron chi connectivity index (χ1n) is 5.27. The van der Waals surface area contributed by atoms with Crippen LogP contribution in [-0.4, -0.2) is 14.0 Å². The summed E-state index contributed by atoms with van der Waals surface area (Å²) < 4.78 is 22.2. The van der Waals surface area contributed by atoms with Gasteiger partial charge in [0.05, 0.1) is 7.11 Å². The molecule has 0 atom stereocenters. The van der Waals surface area contributed by atoms with Crippen LogP contribution in [0.4, 0.5) is 4.39 Å². The van der Waals surface area contributed by atoms with Crippen LogP contribution in [0.5, 0.6) is 11.5 Å². The van der Waals surface area contributed by atoms with Crippen LogP contribution >= 0.6 is 0 Å². The largest absolute Gasteiger partial charge is 0.496 e. The number of benzene rings is 2. The fourth-order valence-electron chi connectivity index (χ4n) is 1.70. The van der Waals surface area contributed by atoms with Gasteiger partial charge in [-0.2, -0.15) is 0 Å². The predicted molar refractivity (Wildman–Crippen MR) is 65.0 cm³/mol. The Kier molecular flexibility index (Phi) is 3.60. The highest BCUT2D eigenvalue weighted by Crippen LogP contribution is 2.31. The fourth-order valence-corrected chi connectivity index (χ4v) is 1.70. The number of para-hydroxylation sites is 1. The van der Waals surface area contributed by atoms with Crippen molar-refractivity contribution < 1.29 is 13.9 Å². The van der Waals surface area contributed by atoms with Gasteiger partial charge in [0.2, 0.25) is 6.86 Å². The highest BCUT2D eigenvalue weighted by atomic mass is 19.1. The second-order valence-corrected chi connectivity index (χ2v) is 3.48. The van der Waals surface area contributed by atoms with Gasteiger partial charge in [-0.25, -0.2) is 4.39 Å². The first kappa shape index (κ1) is 11.5. The average Bonchev–Trinajstić information content (AvgIpc) is 2.39. The van der Waals surface area contributed by atoms with Crippen LogP contribution in [0.25, 0.3) is 11.1 Å². The Morgan fingerprint density at radius 2 is 1.88 bits per heavy atom. The highest BCUT2D eigenvalue weighted by Gasteiger charge is 2.05.